The van der Waals surface area contributed by atoms with Crippen LogP contribution in [0.5, 0.6) is 0 Å². The average Bonchev–Trinajstić information content (AvgIpc) is 2.39. The Bertz CT molecular complexity index is 200. The van der Waals surface area contributed by atoms with E-state index in [9.17, 15) is 4.79 Å². The van der Waals surface area contributed by atoms with Crippen molar-refractivity contribution in [3.05, 3.63) is 0 Å². The Hall–Kier alpha value is -0.280. The van der Waals surface area contributed by atoms with Crippen molar-refractivity contribution in [2.45, 2.75) is 58.3 Å². The highest BCUT2D eigenvalue weighted by Crippen LogP contribution is 2.07. The van der Waals surface area contributed by atoms with Crippen LogP contribution in [0.25, 0.3) is 0 Å². The van der Waals surface area contributed by atoms with E-state index in [4.69, 9.17) is 16.7 Å². The van der Waals surface area contributed by atoms with Crippen LogP contribution in [0.15, 0.2) is 0 Å². The van der Waals surface area contributed by atoms with Crippen molar-refractivity contribution in [1.82, 2.24) is 4.90 Å². The molecule has 0 spiro atoms. The van der Waals surface area contributed by atoms with Crippen LogP contribution in [0.2, 0.25) is 0 Å². The maximum Gasteiger partial charge on any atom is 0.222 e. The number of alkyl halides is 1. The Morgan fingerprint density at radius 2 is 1.72 bits per heavy atom. The first-order chi connectivity index (χ1) is 8.76. The van der Waals surface area contributed by atoms with Gasteiger partial charge in [-0.1, -0.05) is 32.6 Å². The SMILES string of the molecule is CCCCCCCN(CCCO)C(=O)CCCCl. The molecule has 0 radical (unpaired) electrons. The molecule has 1 amide bonds. The molecule has 0 unspecified atom stereocenters. The lowest BCUT2D eigenvalue weighted by Crippen LogP contribution is -2.33. The van der Waals surface area contributed by atoms with Crippen LogP contribution in [-0.2, 0) is 4.79 Å². The molecule has 3 nitrogen and oxygen atoms in total. The second kappa shape index (κ2) is 13.2. The van der Waals surface area contributed by atoms with Gasteiger partial charge in [0.05, 0.1) is 0 Å². The van der Waals surface area contributed by atoms with Crippen molar-refractivity contribution in [2.24, 2.45) is 0 Å². The fraction of sp³-hybridized carbons (Fsp3) is 0.929. The highest BCUT2D eigenvalue weighted by Gasteiger charge is 2.11. The maximum atomic E-state index is 11.9. The van der Waals surface area contributed by atoms with E-state index in [2.05, 4.69) is 6.92 Å². The van der Waals surface area contributed by atoms with Gasteiger partial charge in [0.15, 0.2) is 0 Å². The smallest absolute Gasteiger partial charge is 0.222 e. The number of amides is 1. The molecule has 0 aromatic heterocycles. The number of hydrogen-bond acceptors (Lipinski definition) is 2. The van der Waals surface area contributed by atoms with Gasteiger partial charge < -0.3 is 10.0 Å². The van der Waals surface area contributed by atoms with Crippen LogP contribution in [0.1, 0.15) is 58.3 Å². The third-order valence-corrected chi connectivity index (χ3v) is 3.26. The maximum absolute atomic E-state index is 11.9. The molecule has 0 saturated heterocycles. The molecule has 0 aliphatic heterocycles. The molecule has 0 bridgehead atoms. The summed E-state index contributed by atoms with van der Waals surface area (Å²) < 4.78 is 0. The first-order valence-corrected chi connectivity index (χ1v) is 7.74. The zero-order valence-electron chi connectivity index (χ0n) is 11.7. The lowest BCUT2D eigenvalue weighted by Gasteiger charge is -2.22. The molecule has 108 valence electrons. The van der Waals surface area contributed by atoms with Gasteiger partial charge in [0.25, 0.3) is 0 Å². The van der Waals surface area contributed by atoms with Gasteiger partial charge in [0, 0.05) is 32.0 Å². The van der Waals surface area contributed by atoms with Crippen molar-refractivity contribution in [2.75, 3.05) is 25.6 Å². The van der Waals surface area contributed by atoms with Crippen LogP contribution >= 0.6 is 11.6 Å². The van der Waals surface area contributed by atoms with Gasteiger partial charge in [-0.2, -0.15) is 0 Å². The zero-order chi connectivity index (χ0) is 13.6. The fourth-order valence-corrected chi connectivity index (χ4v) is 2.04. The molecule has 0 aliphatic carbocycles. The molecular weight excluding hydrogens is 250 g/mol. The molecular formula is C14H28ClNO2. The number of halogens is 1. The van der Waals surface area contributed by atoms with Gasteiger partial charge in [0.2, 0.25) is 5.91 Å². The Labute approximate surface area is 117 Å². The average molecular weight is 278 g/mol. The summed E-state index contributed by atoms with van der Waals surface area (Å²) in [5.74, 6) is 0.718. The number of carbonyl (C=O) groups excluding carboxylic acids is 1. The van der Waals surface area contributed by atoms with Gasteiger partial charge in [-0.25, -0.2) is 0 Å². The second-order valence-electron chi connectivity index (χ2n) is 4.66. The Balaban J connectivity index is 3.86. The second-order valence-corrected chi connectivity index (χ2v) is 5.04. The number of carbonyl (C=O) groups is 1. The first-order valence-electron chi connectivity index (χ1n) is 7.20. The topological polar surface area (TPSA) is 40.5 Å². The number of hydrogen-bond donors (Lipinski definition) is 1. The Morgan fingerprint density at radius 3 is 2.33 bits per heavy atom. The molecule has 0 heterocycles. The van der Waals surface area contributed by atoms with Crippen molar-refractivity contribution >= 4 is 17.5 Å². The number of aliphatic hydroxyl groups excluding tert-OH is 1. The largest absolute Gasteiger partial charge is 0.396 e. The van der Waals surface area contributed by atoms with Crippen LogP contribution in [0.4, 0.5) is 0 Å². The minimum Gasteiger partial charge on any atom is -0.396 e. The first kappa shape index (κ1) is 17.7. The summed E-state index contributed by atoms with van der Waals surface area (Å²) in [5, 5.41) is 8.86. The van der Waals surface area contributed by atoms with Crippen LogP contribution in [0.3, 0.4) is 0 Å². The van der Waals surface area contributed by atoms with E-state index in [1.165, 1.54) is 25.7 Å². The molecule has 0 rings (SSSR count). The van der Waals surface area contributed by atoms with E-state index in [1.54, 1.807) is 0 Å². The standard InChI is InChI=1S/C14H28ClNO2/c1-2-3-4-5-6-11-16(12-8-13-17)14(18)9-7-10-15/h17H,2-13H2,1H3. The molecule has 0 saturated carbocycles. The van der Waals surface area contributed by atoms with Gasteiger partial charge >= 0.3 is 0 Å². The van der Waals surface area contributed by atoms with Gasteiger partial charge in [-0.05, 0) is 19.3 Å². The van der Waals surface area contributed by atoms with Crippen molar-refractivity contribution in [1.29, 1.82) is 0 Å². The monoisotopic (exact) mass is 277 g/mol. The molecule has 0 fully saturated rings. The van der Waals surface area contributed by atoms with Crippen LogP contribution < -0.4 is 0 Å². The van der Waals surface area contributed by atoms with E-state index in [0.717, 1.165) is 19.4 Å². The third-order valence-electron chi connectivity index (χ3n) is 2.99. The molecule has 0 aliphatic rings. The summed E-state index contributed by atoms with van der Waals surface area (Å²) in [6, 6.07) is 0. The predicted molar refractivity (Wildman–Crippen MR) is 77.0 cm³/mol. The van der Waals surface area contributed by atoms with E-state index in [0.29, 0.717) is 25.3 Å². The van der Waals surface area contributed by atoms with Crippen molar-refractivity contribution < 1.29 is 9.90 Å². The molecule has 0 atom stereocenters. The summed E-state index contributed by atoms with van der Waals surface area (Å²) in [6.07, 6.45) is 7.96. The molecule has 4 heteroatoms. The predicted octanol–water partition coefficient (Wildman–Crippen LogP) is 3.19. The Kier molecular flexibility index (Phi) is 13.0. The van der Waals surface area contributed by atoms with Crippen molar-refractivity contribution in [3.63, 3.8) is 0 Å². The van der Waals surface area contributed by atoms with Crippen LogP contribution in [-0.4, -0.2) is 41.5 Å². The van der Waals surface area contributed by atoms with E-state index in [-0.39, 0.29) is 12.5 Å². The fourth-order valence-electron chi connectivity index (χ4n) is 1.91. The highest BCUT2D eigenvalue weighted by atomic mass is 35.5. The summed E-state index contributed by atoms with van der Waals surface area (Å²) in [5.41, 5.74) is 0. The molecule has 18 heavy (non-hydrogen) atoms. The zero-order valence-corrected chi connectivity index (χ0v) is 12.4. The number of rotatable bonds is 12. The minimum atomic E-state index is 0.148. The third kappa shape index (κ3) is 9.72. The number of unbranched alkanes of at least 4 members (excludes halogenated alkanes) is 4. The van der Waals surface area contributed by atoms with Gasteiger partial charge in [-0.15, -0.1) is 11.6 Å². The molecule has 1 N–H and O–H groups in total. The quantitative estimate of drug-likeness (QED) is 0.440. The number of aliphatic hydroxyl groups is 1. The molecule has 0 aromatic rings. The minimum absolute atomic E-state index is 0.148. The molecule has 0 aromatic carbocycles. The summed E-state index contributed by atoms with van der Waals surface area (Å²) in [7, 11) is 0. The van der Waals surface area contributed by atoms with E-state index < -0.39 is 0 Å². The normalized spacial score (nSPS) is 10.6. The highest BCUT2D eigenvalue weighted by molar-refractivity contribution is 6.17. The summed E-state index contributed by atoms with van der Waals surface area (Å²) in [4.78, 5) is 13.8. The van der Waals surface area contributed by atoms with E-state index >= 15 is 0 Å². The van der Waals surface area contributed by atoms with E-state index in [1.807, 2.05) is 4.90 Å². The van der Waals surface area contributed by atoms with Gasteiger partial charge in [0.1, 0.15) is 0 Å². The Morgan fingerprint density at radius 1 is 1.06 bits per heavy atom. The number of nitrogens with zero attached hydrogens (tertiary/aromatic N) is 1. The summed E-state index contributed by atoms with van der Waals surface area (Å²) >= 11 is 5.61. The van der Waals surface area contributed by atoms with Crippen molar-refractivity contribution in [3.8, 4) is 0 Å². The lowest BCUT2D eigenvalue weighted by molar-refractivity contribution is -0.131. The summed E-state index contributed by atoms with van der Waals surface area (Å²) in [6.45, 7) is 3.84. The lowest BCUT2D eigenvalue weighted by atomic mass is 10.1. The van der Waals surface area contributed by atoms with Gasteiger partial charge in [-0.3, -0.25) is 4.79 Å². The van der Waals surface area contributed by atoms with Crippen LogP contribution in [0, 0.1) is 0 Å².